The summed E-state index contributed by atoms with van der Waals surface area (Å²) in [5, 5.41) is 4.78. The SMILES string of the molecule is C1=CCC(c2cc(-c3ccc(N(c4ccc(-c5cccc6ccccc56)cc4)c4ccc(-c5cccc6oc7ccccc7c56)cc4)cc3)ccc2-c2ccccc2)C=C1. The molecule has 1 atom stereocenters. The van der Waals surface area contributed by atoms with Gasteiger partial charge >= 0.3 is 0 Å². The minimum atomic E-state index is 0.332. The van der Waals surface area contributed by atoms with Gasteiger partial charge in [0.05, 0.1) is 0 Å². The van der Waals surface area contributed by atoms with Gasteiger partial charge in [-0.2, -0.15) is 0 Å². The van der Waals surface area contributed by atoms with Gasteiger partial charge in [-0.15, -0.1) is 0 Å². The normalized spacial score (nSPS) is 13.6. The third-order valence-electron chi connectivity index (χ3n) is 12.0. The van der Waals surface area contributed by atoms with Crippen molar-refractivity contribution in [3.63, 3.8) is 0 Å². The Kier molecular flexibility index (Phi) is 9.02. The van der Waals surface area contributed by atoms with Gasteiger partial charge in [-0.1, -0.05) is 176 Å². The van der Waals surface area contributed by atoms with Crippen LogP contribution in [0.15, 0.2) is 235 Å². The smallest absolute Gasteiger partial charge is 0.136 e. The van der Waals surface area contributed by atoms with Crippen molar-refractivity contribution < 1.29 is 4.42 Å². The Morgan fingerprint density at radius 3 is 1.70 bits per heavy atom. The molecule has 0 saturated heterocycles. The predicted molar refractivity (Wildman–Crippen MR) is 253 cm³/mol. The molecule has 1 aliphatic carbocycles. The first-order valence-corrected chi connectivity index (χ1v) is 20.8. The minimum Gasteiger partial charge on any atom is -0.456 e. The highest BCUT2D eigenvalue weighted by atomic mass is 16.3. The Hall–Kier alpha value is -7.68. The molecule has 0 bridgehead atoms. The second-order valence-electron chi connectivity index (χ2n) is 15.6. The largest absolute Gasteiger partial charge is 0.456 e. The Bertz CT molecular complexity index is 3200. The van der Waals surface area contributed by atoms with Gasteiger partial charge in [-0.3, -0.25) is 0 Å². The second-order valence-corrected chi connectivity index (χ2v) is 15.6. The Morgan fingerprint density at radius 2 is 0.967 bits per heavy atom. The number of benzene rings is 9. The van der Waals surface area contributed by atoms with E-state index in [0.29, 0.717) is 5.92 Å². The lowest BCUT2D eigenvalue weighted by molar-refractivity contribution is 0.669. The number of furan rings is 1. The molecule has 0 N–H and O–H groups in total. The summed E-state index contributed by atoms with van der Waals surface area (Å²) in [6.07, 6.45) is 9.94. The van der Waals surface area contributed by atoms with Gasteiger partial charge in [0.15, 0.2) is 0 Å². The third kappa shape index (κ3) is 6.49. The molecule has 2 heteroatoms. The summed E-state index contributed by atoms with van der Waals surface area (Å²) in [6, 6.07) is 74.5. The number of fused-ring (bicyclic) bond motifs is 4. The fraction of sp³-hybridized carbons (Fsp3) is 0.0345. The van der Waals surface area contributed by atoms with E-state index in [-0.39, 0.29) is 0 Å². The van der Waals surface area contributed by atoms with Crippen LogP contribution < -0.4 is 4.90 Å². The average Bonchev–Trinajstić information content (AvgIpc) is 3.72. The molecule has 284 valence electrons. The van der Waals surface area contributed by atoms with Crippen molar-refractivity contribution in [3.05, 3.63) is 236 Å². The summed E-state index contributed by atoms with van der Waals surface area (Å²) >= 11 is 0. The highest BCUT2D eigenvalue weighted by molar-refractivity contribution is 6.12. The van der Waals surface area contributed by atoms with E-state index in [4.69, 9.17) is 4.42 Å². The molecule has 10 aromatic rings. The van der Waals surface area contributed by atoms with Crippen molar-refractivity contribution in [1.29, 1.82) is 0 Å². The highest BCUT2D eigenvalue weighted by Crippen LogP contribution is 2.42. The van der Waals surface area contributed by atoms with Crippen molar-refractivity contribution >= 4 is 49.8 Å². The average molecular weight is 768 g/mol. The van der Waals surface area contributed by atoms with Crippen LogP contribution in [0.1, 0.15) is 17.9 Å². The van der Waals surface area contributed by atoms with Crippen molar-refractivity contribution in [1.82, 2.24) is 0 Å². The molecule has 0 aliphatic heterocycles. The number of hydrogen-bond donors (Lipinski definition) is 0. The summed E-state index contributed by atoms with van der Waals surface area (Å²) < 4.78 is 6.25. The summed E-state index contributed by atoms with van der Waals surface area (Å²) in [6.45, 7) is 0. The van der Waals surface area contributed by atoms with Crippen LogP contribution in [0.5, 0.6) is 0 Å². The number of allylic oxidation sites excluding steroid dienone is 4. The van der Waals surface area contributed by atoms with Crippen LogP contribution in [-0.2, 0) is 0 Å². The maximum absolute atomic E-state index is 6.25. The summed E-state index contributed by atoms with van der Waals surface area (Å²) in [4.78, 5) is 2.36. The molecule has 1 heterocycles. The van der Waals surface area contributed by atoms with Crippen LogP contribution in [0, 0.1) is 0 Å². The number of nitrogens with zero attached hydrogens (tertiary/aromatic N) is 1. The number of rotatable bonds is 8. The lowest BCUT2D eigenvalue weighted by Gasteiger charge is -2.26. The topological polar surface area (TPSA) is 16.4 Å². The van der Waals surface area contributed by atoms with E-state index in [1.165, 1.54) is 49.7 Å². The van der Waals surface area contributed by atoms with Gasteiger partial charge in [-0.05, 0) is 122 Å². The van der Waals surface area contributed by atoms with E-state index in [1.807, 2.05) is 12.1 Å². The number of anilines is 3. The van der Waals surface area contributed by atoms with E-state index in [0.717, 1.165) is 56.5 Å². The van der Waals surface area contributed by atoms with Gasteiger partial charge < -0.3 is 9.32 Å². The maximum Gasteiger partial charge on any atom is 0.136 e. The standard InChI is InChI=1S/C58H41NO/c1-3-13-41(14-4-1)52-38-31-46(39-55(52)43-15-5-2-6-16-43)40-25-32-47(33-26-40)59(48-34-27-44(28-35-48)51-21-11-18-42-17-7-8-19-50(42)51)49-36-29-45(30-37-49)53-22-12-24-57-58(53)54-20-9-10-23-56(54)60-57/h1-15,17-39,43H,16H2. The molecule has 2 nitrogen and oxygen atoms in total. The fourth-order valence-electron chi connectivity index (χ4n) is 9.06. The predicted octanol–water partition coefficient (Wildman–Crippen LogP) is 16.5. The molecule has 0 radical (unpaired) electrons. The van der Waals surface area contributed by atoms with E-state index in [2.05, 4.69) is 223 Å². The van der Waals surface area contributed by atoms with Crippen molar-refractivity contribution in [2.24, 2.45) is 0 Å². The maximum atomic E-state index is 6.25. The number of hydrogen-bond acceptors (Lipinski definition) is 2. The Labute approximate surface area is 350 Å². The zero-order valence-electron chi connectivity index (χ0n) is 33.1. The van der Waals surface area contributed by atoms with Crippen molar-refractivity contribution in [3.8, 4) is 44.5 Å². The number of para-hydroxylation sites is 1. The van der Waals surface area contributed by atoms with Gasteiger partial charge in [0.25, 0.3) is 0 Å². The molecule has 1 unspecified atom stereocenters. The summed E-state index contributed by atoms with van der Waals surface area (Å²) in [7, 11) is 0. The fourth-order valence-corrected chi connectivity index (χ4v) is 9.06. The molecule has 60 heavy (non-hydrogen) atoms. The van der Waals surface area contributed by atoms with Crippen LogP contribution in [0.3, 0.4) is 0 Å². The zero-order chi connectivity index (χ0) is 39.8. The first-order chi connectivity index (χ1) is 29.7. The quantitative estimate of drug-likeness (QED) is 0.153. The molecule has 11 rings (SSSR count). The summed E-state index contributed by atoms with van der Waals surface area (Å²) in [5.74, 6) is 0.332. The van der Waals surface area contributed by atoms with Gasteiger partial charge in [0.1, 0.15) is 11.2 Å². The van der Waals surface area contributed by atoms with Crippen LogP contribution in [-0.4, -0.2) is 0 Å². The van der Waals surface area contributed by atoms with E-state index < -0.39 is 0 Å². The highest BCUT2D eigenvalue weighted by Gasteiger charge is 2.19. The lowest BCUT2D eigenvalue weighted by Crippen LogP contribution is -2.09. The van der Waals surface area contributed by atoms with Crippen molar-refractivity contribution in [2.45, 2.75) is 12.3 Å². The van der Waals surface area contributed by atoms with Crippen LogP contribution in [0.25, 0.3) is 77.2 Å². The van der Waals surface area contributed by atoms with Crippen molar-refractivity contribution in [2.75, 3.05) is 4.90 Å². The second kappa shape index (κ2) is 15.2. The van der Waals surface area contributed by atoms with E-state index >= 15 is 0 Å². The molecule has 0 saturated carbocycles. The van der Waals surface area contributed by atoms with Gasteiger partial charge in [0.2, 0.25) is 0 Å². The van der Waals surface area contributed by atoms with Crippen LogP contribution in [0.2, 0.25) is 0 Å². The monoisotopic (exact) mass is 767 g/mol. The first-order valence-electron chi connectivity index (χ1n) is 20.8. The third-order valence-corrected chi connectivity index (χ3v) is 12.0. The summed E-state index contributed by atoms with van der Waals surface area (Å²) in [5.41, 5.74) is 16.1. The van der Waals surface area contributed by atoms with Gasteiger partial charge in [0, 0.05) is 33.8 Å². The Balaban J connectivity index is 0.985. The molecule has 0 amide bonds. The zero-order valence-corrected chi connectivity index (χ0v) is 33.1. The van der Waals surface area contributed by atoms with Gasteiger partial charge in [-0.25, -0.2) is 0 Å². The molecule has 0 fully saturated rings. The molecular formula is C58H41NO. The Morgan fingerprint density at radius 1 is 0.400 bits per heavy atom. The molecular weight excluding hydrogens is 727 g/mol. The van der Waals surface area contributed by atoms with Crippen LogP contribution in [0.4, 0.5) is 17.1 Å². The first kappa shape index (κ1) is 35.5. The minimum absolute atomic E-state index is 0.332. The molecule has 1 aromatic heterocycles. The molecule has 1 aliphatic rings. The van der Waals surface area contributed by atoms with E-state index in [9.17, 15) is 0 Å². The van der Waals surface area contributed by atoms with Crippen LogP contribution >= 0.6 is 0 Å². The van der Waals surface area contributed by atoms with E-state index in [1.54, 1.807) is 0 Å². The molecule has 9 aromatic carbocycles. The lowest BCUT2D eigenvalue weighted by atomic mass is 9.85. The molecule has 0 spiro atoms.